The Hall–Kier alpha value is -2.07. The molecule has 5 N–H and O–H groups in total. The lowest BCUT2D eigenvalue weighted by atomic mass is 10.3. The van der Waals surface area contributed by atoms with E-state index in [-0.39, 0.29) is 5.56 Å². The van der Waals surface area contributed by atoms with Crippen molar-refractivity contribution in [2.24, 2.45) is 5.73 Å². The Morgan fingerprint density at radius 2 is 2.24 bits per heavy atom. The van der Waals surface area contributed by atoms with Crippen LogP contribution < -0.4 is 16.4 Å². The van der Waals surface area contributed by atoms with Crippen LogP contribution in [0.5, 0.6) is 0 Å². The minimum absolute atomic E-state index is 0.286. The maximum Gasteiger partial charge on any atom is 0.319 e. The van der Waals surface area contributed by atoms with Gasteiger partial charge in [-0.3, -0.25) is 10.1 Å². The molecule has 2 rings (SSSR count). The van der Waals surface area contributed by atoms with Crippen LogP contribution in [0.15, 0.2) is 17.6 Å². The number of aromatic amines is 1. The van der Waals surface area contributed by atoms with Gasteiger partial charge in [0.05, 0.1) is 12.0 Å². The lowest BCUT2D eigenvalue weighted by Gasteiger charge is -2.06. The number of imidazole rings is 1. The lowest BCUT2D eigenvalue weighted by Crippen LogP contribution is -2.31. The predicted molar refractivity (Wildman–Crippen MR) is 100 cm³/mol. The van der Waals surface area contributed by atoms with Crippen molar-refractivity contribution in [1.29, 1.82) is 0 Å². The Kier molecular flexibility index (Phi) is 7.74. The topological polar surface area (TPSA) is 126 Å². The maximum absolute atomic E-state index is 12.0. The maximum atomic E-state index is 12.0. The second-order valence-electron chi connectivity index (χ2n) is 5.30. The quantitative estimate of drug-likeness (QED) is 0.371. The molecular weight excluding hydrogens is 360 g/mol. The first-order valence-electron chi connectivity index (χ1n) is 8.06. The van der Waals surface area contributed by atoms with Crippen molar-refractivity contribution >= 4 is 40.2 Å². The summed E-state index contributed by atoms with van der Waals surface area (Å²) in [6.07, 6.45) is 7.29. The number of unbranched alkanes of at least 4 members (excludes halogenated alkanes) is 2. The molecule has 0 unspecified atom stereocenters. The fourth-order valence-electron chi connectivity index (χ4n) is 2.08. The zero-order valence-corrected chi connectivity index (χ0v) is 15.6. The third-order valence-electron chi connectivity index (χ3n) is 3.34. The molecule has 0 bridgehead atoms. The molecule has 0 atom stereocenters. The average Bonchev–Trinajstić information content (AvgIpc) is 3.21. The number of thioether (sulfide) groups is 1. The van der Waals surface area contributed by atoms with E-state index in [4.69, 9.17) is 5.73 Å². The van der Waals surface area contributed by atoms with E-state index in [2.05, 4.69) is 31.9 Å². The van der Waals surface area contributed by atoms with Gasteiger partial charge >= 0.3 is 6.03 Å². The average molecular weight is 383 g/mol. The summed E-state index contributed by atoms with van der Waals surface area (Å²) in [6, 6.07) is -0.399. The lowest BCUT2D eigenvalue weighted by molar-refractivity contribution is 0.0998. The first-order chi connectivity index (χ1) is 12.1. The number of urea groups is 1. The van der Waals surface area contributed by atoms with Crippen molar-refractivity contribution in [3.05, 3.63) is 23.8 Å². The van der Waals surface area contributed by atoms with Gasteiger partial charge in [0.25, 0.3) is 5.91 Å². The van der Waals surface area contributed by atoms with Crippen LogP contribution in [0, 0.1) is 0 Å². The standard InChI is InChI=1S/C15H22N6O2S2/c1-2-3-4-7-24-14-11(12(16)22)13(25-21-14)20-15(23)18-6-5-10-8-17-9-19-10/h8-9H,2-7H2,1H3,(H2,16,22)(H,17,19)(H2,18,20,23). The normalized spacial score (nSPS) is 10.6. The van der Waals surface area contributed by atoms with Gasteiger partial charge in [0, 0.05) is 19.2 Å². The predicted octanol–water partition coefficient (Wildman–Crippen LogP) is 2.61. The Bertz CT molecular complexity index is 686. The molecule has 0 aliphatic rings. The molecule has 8 nitrogen and oxygen atoms in total. The van der Waals surface area contributed by atoms with E-state index in [0.717, 1.165) is 42.2 Å². The monoisotopic (exact) mass is 382 g/mol. The van der Waals surface area contributed by atoms with Gasteiger partial charge < -0.3 is 16.0 Å². The van der Waals surface area contributed by atoms with E-state index in [9.17, 15) is 9.59 Å². The van der Waals surface area contributed by atoms with Crippen molar-refractivity contribution in [3.63, 3.8) is 0 Å². The van der Waals surface area contributed by atoms with Crippen LogP contribution in [0.25, 0.3) is 0 Å². The third kappa shape index (κ3) is 6.05. The van der Waals surface area contributed by atoms with Gasteiger partial charge in [-0.05, 0) is 23.7 Å². The summed E-state index contributed by atoms with van der Waals surface area (Å²) in [7, 11) is 0. The van der Waals surface area contributed by atoms with Gasteiger partial charge in [-0.15, -0.1) is 11.8 Å². The summed E-state index contributed by atoms with van der Waals surface area (Å²) < 4.78 is 4.26. The number of nitrogens with one attached hydrogen (secondary N) is 3. The highest BCUT2D eigenvalue weighted by Gasteiger charge is 2.20. The Morgan fingerprint density at radius 3 is 2.92 bits per heavy atom. The number of hydrogen-bond donors (Lipinski definition) is 4. The van der Waals surface area contributed by atoms with Crippen LogP contribution in [0.3, 0.4) is 0 Å². The van der Waals surface area contributed by atoms with Crippen LogP contribution >= 0.6 is 23.3 Å². The van der Waals surface area contributed by atoms with Gasteiger partial charge in [0.2, 0.25) is 0 Å². The van der Waals surface area contributed by atoms with E-state index >= 15 is 0 Å². The van der Waals surface area contributed by atoms with Crippen LogP contribution in [-0.2, 0) is 6.42 Å². The molecule has 0 aromatic carbocycles. The van der Waals surface area contributed by atoms with E-state index in [1.165, 1.54) is 11.8 Å². The number of nitrogens with two attached hydrogens (primary N) is 1. The van der Waals surface area contributed by atoms with Crippen molar-refractivity contribution in [1.82, 2.24) is 19.7 Å². The summed E-state index contributed by atoms with van der Waals surface area (Å²) in [5, 5.41) is 6.34. The molecule has 0 aliphatic carbocycles. The molecule has 136 valence electrons. The molecule has 0 saturated carbocycles. The van der Waals surface area contributed by atoms with Crippen LogP contribution in [0.4, 0.5) is 9.80 Å². The molecular formula is C15H22N6O2S2. The minimum atomic E-state index is -0.585. The second-order valence-corrected chi connectivity index (χ2v) is 7.16. The number of hydrogen-bond acceptors (Lipinski definition) is 6. The van der Waals surface area contributed by atoms with Crippen molar-refractivity contribution < 1.29 is 9.59 Å². The molecule has 3 amide bonds. The van der Waals surface area contributed by atoms with E-state index in [1.807, 2.05) is 0 Å². The molecule has 25 heavy (non-hydrogen) atoms. The Labute approximate surface area is 154 Å². The second kappa shape index (κ2) is 10.0. The molecule has 0 aliphatic heterocycles. The van der Waals surface area contributed by atoms with E-state index < -0.39 is 11.9 Å². The van der Waals surface area contributed by atoms with Crippen LogP contribution in [0.1, 0.15) is 42.2 Å². The first kappa shape index (κ1) is 19.3. The number of H-pyrrole nitrogens is 1. The van der Waals surface area contributed by atoms with Gasteiger partial charge in [-0.2, -0.15) is 4.37 Å². The van der Waals surface area contributed by atoms with Crippen molar-refractivity contribution in [2.75, 3.05) is 17.6 Å². The molecule has 10 heteroatoms. The summed E-state index contributed by atoms with van der Waals surface area (Å²) in [6.45, 7) is 2.56. The molecule has 0 spiro atoms. The summed E-state index contributed by atoms with van der Waals surface area (Å²) >= 11 is 2.56. The molecule has 0 fully saturated rings. The van der Waals surface area contributed by atoms with Crippen molar-refractivity contribution in [3.8, 4) is 0 Å². The fraction of sp³-hybridized carbons (Fsp3) is 0.467. The number of carbonyl (C=O) groups excluding carboxylic acids is 2. The zero-order valence-electron chi connectivity index (χ0n) is 14.0. The largest absolute Gasteiger partial charge is 0.365 e. The molecule has 0 saturated heterocycles. The van der Waals surface area contributed by atoms with Gasteiger partial charge in [0.1, 0.15) is 15.6 Å². The van der Waals surface area contributed by atoms with E-state index in [0.29, 0.717) is 23.0 Å². The molecule has 2 aromatic heterocycles. The number of rotatable bonds is 10. The number of anilines is 1. The number of amides is 3. The highest BCUT2D eigenvalue weighted by Crippen LogP contribution is 2.32. The molecule has 2 heterocycles. The SMILES string of the molecule is CCCCCSc1nsc(NC(=O)NCCc2c[nH]cn2)c1C(N)=O. The highest BCUT2D eigenvalue weighted by atomic mass is 32.2. The van der Waals surface area contributed by atoms with Crippen LogP contribution in [-0.4, -0.2) is 38.6 Å². The Morgan fingerprint density at radius 1 is 1.40 bits per heavy atom. The number of primary amides is 1. The molecule has 2 aromatic rings. The summed E-state index contributed by atoms with van der Waals surface area (Å²) in [4.78, 5) is 30.7. The first-order valence-corrected chi connectivity index (χ1v) is 9.82. The minimum Gasteiger partial charge on any atom is -0.365 e. The third-order valence-corrected chi connectivity index (χ3v) is 5.28. The van der Waals surface area contributed by atoms with Gasteiger partial charge in [-0.1, -0.05) is 19.8 Å². The smallest absolute Gasteiger partial charge is 0.319 e. The zero-order chi connectivity index (χ0) is 18.1. The van der Waals surface area contributed by atoms with Gasteiger partial charge in [-0.25, -0.2) is 9.78 Å². The Balaban J connectivity index is 1.88. The number of carbonyl (C=O) groups is 2. The van der Waals surface area contributed by atoms with Gasteiger partial charge in [0.15, 0.2) is 0 Å². The fourth-order valence-corrected chi connectivity index (χ4v) is 4.04. The number of nitrogens with zero attached hydrogens (tertiary/aromatic N) is 2. The van der Waals surface area contributed by atoms with Crippen molar-refractivity contribution in [2.45, 2.75) is 37.6 Å². The van der Waals surface area contributed by atoms with E-state index in [1.54, 1.807) is 12.5 Å². The number of aromatic nitrogens is 3. The highest BCUT2D eigenvalue weighted by molar-refractivity contribution is 7.99. The summed E-state index contributed by atoms with van der Waals surface area (Å²) in [5.41, 5.74) is 6.61. The summed E-state index contributed by atoms with van der Waals surface area (Å²) in [5.74, 6) is 0.284. The molecule has 0 radical (unpaired) electrons. The van der Waals surface area contributed by atoms with Crippen LogP contribution in [0.2, 0.25) is 0 Å².